The number of aryl methyl sites for hydroxylation is 1. The Labute approximate surface area is 148 Å². The second-order valence-corrected chi connectivity index (χ2v) is 6.01. The van der Waals surface area contributed by atoms with Crippen LogP contribution in [0, 0.1) is 11.3 Å². The van der Waals surface area contributed by atoms with Crippen LogP contribution in [0.1, 0.15) is 40.3 Å². The summed E-state index contributed by atoms with van der Waals surface area (Å²) in [4.78, 5) is 36.5. The number of carbonyl (C=O) groups excluding carboxylic acids is 2. The molecule has 0 atom stereocenters. The highest BCUT2D eigenvalue weighted by atomic mass is 32.1. The van der Waals surface area contributed by atoms with E-state index in [1.807, 2.05) is 19.9 Å². The van der Waals surface area contributed by atoms with Gasteiger partial charge < -0.3 is 0 Å². The molecule has 0 saturated heterocycles. The Hall–Kier alpha value is -2.99. The number of amides is 2. The van der Waals surface area contributed by atoms with Crippen molar-refractivity contribution in [3.8, 4) is 6.07 Å². The molecule has 0 radical (unpaired) electrons. The molecule has 2 N–H and O–H groups in total. The van der Waals surface area contributed by atoms with Gasteiger partial charge in [-0.1, -0.05) is 19.9 Å². The molecule has 2 rings (SSSR count). The Bertz CT molecular complexity index is 880. The first-order valence-electron chi connectivity index (χ1n) is 7.67. The van der Waals surface area contributed by atoms with Gasteiger partial charge in [0.05, 0.1) is 10.6 Å². The van der Waals surface area contributed by atoms with Gasteiger partial charge in [-0.3, -0.25) is 25.2 Å². The summed E-state index contributed by atoms with van der Waals surface area (Å²) in [6, 6.07) is 5.24. The van der Waals surface area contributed by atoms with Gasteiger partial charge in [-0.05, 0) is 29.9 Å². The summed E-state index contributed by atoms with van der Waals surface area (Å²) in [5.74, 6) is -1.06. The Kier molecular flexibility index (Phi) is 6.03. The zero-order chi connectivity index (χ0) is 18.4. The number of nitrogens with zero attached hydrogens (tertiary/aromatic N) is 3. The van der Waals surface area contributed by atoms with Gasteiger partial charge in [0, 0.05) is 0 Å². The van der Waals surface area contributed by atoms with Gasteiger partial charge in [0.1, 0.15) is 18.2 Å². The lowest BCUT2D eigenvalue weighted by Crippen LogP contribution is -2.44. The third-order valence-corrected chi connectivity index (χ3v) is 4.36. The molecule has 130 valence electrons. The number of aromatic nitrogens is 2. The molecule has 0 aromatic carbocycles. The minimum atomic E-state index is -0.616. The van der Waals surface area contributed by atoms with Crippen molar-refractivity contribution in [2.45, 2.75) is 33.2 Å². The minimum Gasteiger partial charge on any atom is -0.271 e. The Morgan fingerprint density at radius 2 is 2.08 bits per heavy atom. The van der Waals surface area contributed by atoms with E-state index < -0.39 is 23.9 Å². The summed E-state index contributed by atoms with van der Waals surface area (Å²) in [5, 5.41) is 15.2. The van der Waals surface area contributed by atoms with Gasteiger partial charge in [-0.25, -0.2) is 4.68 Å². The lowest BCUT2D eigenvalue weighted by Gasteiger charge is -2.12. The number of hydrazine groups is 1. The fourth-order valence-corrected chi connectivity index (χ4v) is 2.93. The molecule has 2 aromatic rings. The van der Waals surface area contributed by atoms with Gasteiger partial charge >= 0.3 is 0 Å². The van der Waals surface area contributed by atoms with Crippen LogP contribution in [-0.4, -0.2) is 21.6 Å². The topological polar surface area (TPSA) is 117 Å². The first-order chi connectivity index (χ1) is 12.0. The molecule has 0 aliphatic rings. The summed E-state index contributed by atoms with van der Waals surface area (Å²) in [6.45, 7) is 3.31. The molecule has 0 spiro atoms. The quantitative estimate of drug-likeness (QED) is 0.765. The maximum atomic E-state index is 12.3. The number of carbonyl (C=O) groups is 2. The van der Waals surface area contributed by atoms with E-state index in [0.717, 1.165) is 4.68 Å². The summed E-state index contributed by atoms with van der Waals surface area (Å²) in [7, 11) is 0. The van der Waals surface area contributed by atoms with E-state index in [0.29, 0.717) is 29.0 Å². The van der Waals surface area contributed by atoms with Crippen molar-refractivity contribution in [1.29, 1.82) is 5.26 Å². The molecule has 0 fully saturated rings. The minimum absolute atomic E-state index is 0.00442. The van der Waals surface area contributed by atoms with Crippen LogP contribution in [-0.2, 0) is 24.2 Å². The zero-order valence-corrected chi connectivity index (χ0v) is 14.6. The normalized spacial score (nSPS) is 10.1. The van der Waals surface area contributed by atoms with Crippen LogP contribution in [0.4, 0.5) is 0 Å². The number of nitriles is 1. The van der Waals surface area contributed by atoms with Gasteiger partial charge in [-0.2, -0.15) is 10.4 Å². The number of hydrogen-bond donors (Lipinski definition) is 2. The van der Waals surface area contributed by atoms with Gasteiger partial charge in [0.25, 0.3) is 17.4 Å². The fourth-order valence-electron chi connectivity index (χ4n) is 2.31. The molecule has 0 unspecified atom stereocenters. The molecule has 0 aliphatic heterocycles. The summed E-state index contributed by atoms with van der Waals surface area (Å²) in [5.41, 5.74) is 5.11. The molecule has 0 aliphatic carbocycles. The monoisotopic (exact) mass is 359 g/mol. The van der Waals surface area contributed by atoms with Gasteiger partial charge in [0.15, 0.2) is 0 Å². The average molecular weight is 359 g/mol. The van der Waals surface area contributed by atoms with Crippen LogP contribution in [0.25, 0.3) is 0 Å². The third-order valence-electron chi connectivity index (χ3n) is 3.49. The number of nitrogens with one attached hydrogen (secondary N) is 2. The summed E-state index contributed by atoms with van der Waals surface area (Å²) in [6.07, 6.45) is 1.05. The lowest BCUT2D eigenvalue weighted by atomic mass is 10.0. The lowest BCUT2D eigenvalue weighted by molar-refractivity contribution is -0.122. The predicted molar refractivity (Wildman–Crippen MR) is 91.9 cm³/mol. The molecular formula is C16H17N5O3S. The van der Waals surface area contributed by atoms with E-state index >= 15 is 0 Å². The van der Waals surface area contributed by atoms with Crippen LogP contribution in [0.15, 0.2) is 22.3 Å². The largest absolute Gasteiger partial charge is 0.285 e. The first kappa shape index (κ1) is 18.4. The zero-order valence-electron chi connectivity index (χ0n) is 13.8. The van der Waals surface area contributed by atoms with E-state index in [2.05, 4.69) is 16.0 Å². The van der Waals surface area contributed by atoms with Crippen LogP contribution >= 0.6 is 11.3 Å². The Morgan fingerprint density at radius 3 is 2.64 bits per heavy atom. The number of rotatable bonds is 5. The van der Waals surface area contributed by atoms with Crippen molar-refractivity contribution in [2.75, 3.05) is 0 Å². The van der Waals surface area contributed by atoms with Crippen molar-refractivity contribution in [1.82, 2.24) is 20.6 Å². The number of thiophene rings is 1. The van der Waals surface area contributed by atoms with Gasteiger partial charge in [-0.15, -0.1) is 11.3 Å². The molecule has 9 heteroatoms. The first-order valence-corrected chi connectivity index (χ1v) is 8.55. The van der Waals surface area contributed by atoms with E-state index in [4.69, 9.17) is 0 Å². The smallest absolute Gasteiger partial charge is 0.271 e. The Balaban J connectivity index is 2.14. The highest BCUT2D eigenvalue weighted by Gasteiger charge is 2.17. The SMILES string of the molecule is CCc1nn(CC(=O)NNC(=O)c2cccs2)c(=O)c(C#N)c1CC. The van der Waals surface area contributed by atoms with Gasteiger partial charge in [0.2, 0.25) is 0 Å². The molecule has 0 saturated carbocycles. The average Bonchev–Trinajstić information content (AvgIpc) is 3.15. The standard InChI is InChI=1S/C16H17N5O3S/c1-3-10-11(8-17)16(24)21(20-12(10)4-2)9-14(22)18-19-15(23)13-6-5-7-25-13/h5-7H,3-4,9H2,1-2H3,(H,18,22)(H,19,23). The highest BCUT2D eigenvalue weighted by Crippen LogP contribution is 2.10. The summed E-state index contributed by atoms with van der Waals surface area (Å²) >= 11 is 1.24. The third kappa shape index (κ3) is 4.10. The van der Waals surface area contributed by atoms with E-state index in [-0.39, 0.29) is 5.56 Å². The van der Waals surface area contributed by atoms with Crippen molar-refractivity contribution in [3.63, 3.8) is 0 Å². The summed E-state index contributed by atoms with van der Waals surface area (Å²) < 4.78 is 0.948. The van der Waals surface area contributed by atoms with Crippen molar-refractivity contribution in [2.24, 2.45) is 0 Å². The van der Waals surface area contributed by atoms with E-state index in [9.17, 15) is 19.6 Å². The van der Waals surface area contributed by atoms with Crippen molar-refractivity contribution >= 4 is 23.2 Å². The van der Waals surface area contributed by atoms with E-state index in [1.54, 1.807) is 17.5 Å². The molecule has 2 heterocycles. The van der Waals surface area contributed by atoms with Crippen LogP contribution in [0.3, 0.4) is 0 Å². The molecule has 2 amide bonds. The molecule has 0 bridgehead atoms. The molecular weight excluding hydrogens is 342 g/mol. The molecule has 2 aromatic heterocycles. The van der Waals surface area contributed by atoms with E-state index in [1.165, 1.54) is 11.3 Å². The maximum absolute atomic E-state index is 12.3. The predicted octanol–water partition coefficient (Wildman–Crippen LogP) is 0.762. The molecule has 8 nitrogen and oxygen atoms in total. The number of hydrogen-bond acceptors (Lipinski definition) is 6. The maximum Gasteiger partial charge on any atom is 0.285 e. The van der Waals surface area contributed by atoms with Crippen LogP contribution < -0.4 is 16.4 Å². The fraction of sp³-hybridized carbons (Fsp3) is 0.312. The second kappa shape index (κ2) is 8.21. The van der Waals surface area contributed by atoms with Crippen LogP contribution in [0.2, 0.25) is 0 Å². The van der Waals surface area contributed by atoms with Crippen LogP contribution in [0.5, 0.6) is 0 Å². The molecule has 25 heavy (non-hydrogen) atoms. The second-order valence-electron chi connectivity index (χ2n) is 5.06. The van der Waals surface area contributed by atoms with Crippen molar-refractivity contribution < 1.29 is 9.59 Å². The Morgan fingerprint density at radius 1 is 1.32 bits per heavy atom. The van der Waals surface area contributed by atoms with Crippen molar-refractivity contribution in [3.05, 3.63) is 49.6 Å². The highest BCUT2D eigenvalue weighted by molar-refractivity contribution is 7.12.